The Bertz CT molecular complexity index is 715. The summed E-state index contributed by atoms with van der Waals surface area (Å²) in [6.07, 6.45) is 0. The van der Waals surface area contributed by atoms with Crippen molar-refractivity contribution in [2.24, 2.45) is 0 Å². The normalized spacial score (nSPS) is 14.2. The maximum absolute atomic E-state index is 11.5. The molecular weight excluding hydrogens is 308 g/mol. The molecule has 0 unspecified atom stereocenters. The van der Waals surface area contributed by atoms with E-state index in [4.69, 9.17) is 14.7 Å². The van der Waals surface area contributed by atoms with Gasteiger partial charge < -0.3 is 9.47 Å². The molecule has 6 nitrogen and oxygen atoms in total. The lowest BCUT2D eigenvalue weighted by Gasteiger charge is -2.19. The maximum Gasteiger partial charge on any atom is 0.274 e. The van der Waals surface area contributed by atoms with Gasteiger partial charge in [-0.15, -0.1) is 0 Å². The van der Waals surface area contributed by atoms with E-state index in [1.165, 1.54) is 5.56 Å². The van der Waals surface area contributed by atoms with E-state index >= 15 is 0 Å². The van der Waals surface area contributed by atoms with Gasteiger partial charge in [-0.2, -0.15) is 0 Å². The number of fused-ring (bicyclic) bond motifs is 1. The Hall–Kier alpha value is -2.57. The van der Waals surface area contributed by atoms with Gasteiger partial charge in [0.05, 0.1) is 7.11 Å². The summed E-state index contributed by atoms with van der Waals surface area (Å²) in [7, 11) is 1.66. The maximum atomic E-state index is 11.5. The third kappa shape index (κ3) is 3.67. The number of nitrogens with zero attached hydrogens (tertiary/aromatic N) is 1. The van der Waals surface area contributed by atoms with Crippen LogP contribution in [0.4, 0.5) is 0 Å². The molecule has 0 spiro atoms. The molecule has 2 aromatic rings. The predicted molar refractivity (Wildman–Crippen MR) is 88.3 cm³/mol. The third-order valence-corrected chi connectivity index (χ3v) is 4.06. The Morgan fingerprint density at radius 2 is 2.08 bits per heavy atom. The molecular formula is C18H20N2O4. The summed E-state index contributed by atoms with van der Waals surface area (Å²) in [5.74, 6) is 0.993. The molecule has 1 heterocycles. The topological polar surface area (TPSA) is 71.0 Å². The van der Waals surface area contributed by atoms with E-state index in [1.807, 2.05) is 18.2 Å². The van der Waals surface area contributed by atoms with E-state index in [1.54, 1.807) is 24.7 Å². The lowest BCUT2D eigenvalue weighted by Crippen LogP contribution is -2.25. The van der Waals surface area contributed by atoms with E-state index in [9.17, 15) is 4.79 Å². The van der Waals surface area contributed by atoms with E-state index in [2.05, 4.69) is 17.0 Å². The smallest absolute Gasteiger partial charge is 0.274 e. The molecule has 2 N–H and O–H groups in total. The van der Waals surface area contributed by atoms with Gasteiger partial charge in [-0.25, -0.2) is 5.48 Å². The van der Waals surface area contributed by atoms with Crippen LogP contribution in [0.15, 0.2) is 42.5 Å². The third-order valence-electron chi connectivity index (χ3n) is 4.06. The summed E-state index contributed by atoms with van der Waals surface area (Å²) in [6, 6.07) is 13.2. The van der Waals surface area contributed by atoms with E-state index in [0.717, 1.165) is 30.9 Å². The highest BCUT2D eigenvalue weighted by Crippen LogP contribution is 2.25. The van der Waals surface area contributed by atoms with Crippen LogP contribution in [0.25, 0.3) is 0 Å². The average molecular weight is 328 g/mol. The Morgan fingerprint density at radius 1 is 1.29 bits per heavy atom. The fraction of sp³-hybridized carbons (Fsp3) is 0.278. The first-order chi connectivity index (χ1) is 11.7. The van der Waals surface area contributed by atoms with Crippen LogP contribution in [0.1, 0.15) is 21.5 Å². The Labute approximate surface area is 140 Å². The Kier molecular flexibility index (Phi) is 4.98. The number of nitrogens with one attached hydrogen (secondary N) is 1. The van der Waals surface area contributed by atoms with Crippen molar-refractivity contribution in [3.05, 3.63) is 59.2 Å². The van der Waals surface area contributed by atoms with Crippen LogP contribution in [0.2, 0.25) is 0 Å². The number of hydrogen-bond donors (Lipinski definition) is 2. The van der Waals surface area contributed by atoms with Gasteiger partial charge in [0.15, 0.2) is 0 Å². The van der Waals surface area contributed by atoms with Crippen LogP contribution in [-0.2, 0) is 13.1 Å². The fourth-order valence-electron chi connectivity index (χ4n) is 2.75. The lowest BCUT2D eigenvalue weighted by molar-refractivity contribution is 0.0706. The highest BCUT2D eigenvalue weighted by molar-refractivity contribution is 5.93. The van der Waals surface area contributed by atoms with Crippen LogP contribution in [-0.4, -0.2) is 36.3 Å². The molecule has 24 heavy (non-hydrogen) atoms. The molecule has 0 aliphatic carbocycles. The fourth-order valence-corrected chi connectivity index (χ4v) is 2.75. The van der Waals surface area contributed by atoms with Crippen molar-refractivity contribution in [3.8, 4) is 11.5 Å². The summed E-state index contributed by atoms with van der Waals surface area (Å²) in [5.41, 5.74) is 4.24. The minimum Gasteiger partial charge on any atom is -0.497 e. The molecule has 1 aliphatic heterocycles. The minimum atomic E-state index is -0.541. The summed E-state index contributed by atoms with van der Waals surface area (Å²) >= 11 is 0. The predicted octanol–water partition coefficient (Wildman–Crippen LogP) is 2.21. The zero-order chi connectivity index (χ0) is 16.9. The van der Waals surface area contributed by atoms with E-state index in [0.29, 0.717) is 17.9 Å². The molecule has 1 amide bonds. The second-order valence-electron chi connectivity index (χ2n) is 5.67. The number of rotatable bonds is 4. The first-order valence-electron chi connectivity index (χ1n) is 7.75. The highest BCUT2D eigenvalue weighted by atomic mass is 16.5. The molecule has 0 fully saturated rings. The van der Waals surface area contributed by atoms with Crippen molar-refractivity contribution in [2.75, 3.05) is 20.3 Å². The van der Waals surface area contributed by atoms with Crippen LogP contribution in [0, 0.1) is 0 Å². The Balaban J connectivity index is 1.73. The largest absolute Gasteiger partial charge is 0.497 e. The molecule has 0 saturated carbocycles. The highest BCUT2D eigenvalue weighted by Gasteiger charge is 2.17. The van der Waals surface area contributed by atoms with Gasteiger partial charge in [-0.05, 0) is 29.8 Å². The van der Waals surface area contributed by atoms with Crippen molar-refractivity contribution in [1.29, 1.82) is 0 Å². The number of carbonyl (C=O) groups excluding carboxylic acids is 1. The molecule has 3 rings (SSSR count). The minimum absolute atomic E-state index is 0.375. The van der Waals surface area contributed by atoms with Crippen LogP contribution < -0.4 is 15.0 Å². The molecule has 126 valence electrons. The molecule has 2 aromatic carbocycles. The number of carbonyl (C=O) groups is 1. The summed E-state index contributed by atoms with van der Waals surface area (Å²) in [5, 5.41) is 8.73. The molecule has 6 heteroatoms. The zero-order valence-corrected chi connectivity index (χ0v) is 13.5. The number of hydrogen-bond acceptors (Lipinski definition) is 5. The van der Waals surface area contributed by atoms with Gasteiger partial charge in [-0.3, -0.25) is 14.9 Å². The number of benzene rings is 2. The van der Waals surface area contributed by atoms with Crippen molar-refractivity contribution in [3.63, 3.8) is 0 Å². The Morgan fingerprint density at radius 3 is 2.79 bits per heavy atom. The molecule has 0 radical (unpaired) electrons. The number of ether oxygens (including phenoxy) is 2. The van der Waals surface area contributed by atoms with Crippen molar-refractivity contribution in [2.45, 2.75) is 13.1 Å². The van der Waals surface area contributed by atoms with E-state index in [-0.39, 0.29) is 0 Å². The summed E-state index contributed by atoms with van der Waals surface area (Å²) in [6.45, 7) is 2.89. The van der Waals surface area contributed by atoms with Gasteiger partial charge in [-0.1, -0.05) is 18.2 Å². The number of hydroxylamine groups is 1. The first-order valence-corrected chi connectivity index (χ1v) is 7.75. The van der Waals surface area contributed by atoms with Crippen LogP contribution in [0.3, 0.4) is 0 Å². The first kappa shape index (κ1) is 16.3. The molecule has 0 atom stereocenters. The van der Waals surface area contributed by atoms with Crippen LogP contribution >= 0.6 is 0 Å². The quantitative estimate of drug-likeness (QED) is 0.665. The SMILES string of the molecule is COc1ccc(CN2CCOc3cc(C(=O)NO)ccc3C2)cc1. The standard InChI is InChI=1S/C18H20N2O4/c1-23-16-6-2-13(3-7-16)11-20-8-9-24-17-10-14(18(21)19-22)4-5-15(17)12-20/h2-7,10,22H,8-9,11-12H2,1H3,(H,19,21). The van der Waals surface area contributed by atoms with Crippen molar-refractivity contribution < 1.29 is 19.5 Å². The number of amides is 1. The summed E-state index contributed by atoms with van der Waals surface area (Å²) in [4.78, 5) is 13.8. The van der Waals surface area contributed by atoms with Crippen molar-refractivity contribution >= 4 is 5.91 Å². The average Bonchev–Trinajstić information content (AvgIpc) is 2.82. The van der Waals surface area contributed by atoms with Gasteiger partial charge in [0.2, 0.25) is 0 Å². The second-order valence-corrected chi connectivity index (χ2v) is 5.67. The van der Waals surface area contributed by atoms with Gasteiger partial charge in [0.25, 0.3) is 5.91 Å². The van der Waals surface area contributed by atoms with Gasteiger partial charge in [0, 0.05) is 30.8 Å². The summed E-state index contributed by atoms with van der Waals surface area (Å²) < 4.78 is 10.9. The monoisotopic (exact) mass is 328 g/mol. The second kappa shape index (κ2) is 7.33. The van der Waals surface area contributed by atoms with E-state index < -0.39 is 5.91 Å². The molecule has 0 bridgehead atoms. The van der Waals surface area contributed by atoms with Gasteiger partial charge in [0.1, 0.15) is 18.1 Å². The molecule has 1 aliphatic rings. The molecule has 0 saturated heterocycles. The lowest BCUT2D eigenvalue weighted by atomic mass is 10.1. The number of methoxy groups -OCH3 is 1. The molecule has 0 aromatic heterocycles. The van der Waals surface area contributed by atoms with Crippen LogP contribution in [0.5, 0.6) is 11.5 Å². The van der Waals surface area contributed by atoms with Crippen molar-refractivity contribution in [1.82, 2.24) is 10.4 Å². The zero-order valence-electron chi connectivity index (χ0n) is 13.5. The van der Waals surface area contributed by atoms with Gasteiger partial charge >= 0.3 is 0 Å².